The van der Waals surface area contributed by atoms with Crippen molar-refractivity contribution in [1.29, 1.82) is 0 Å². The van der Waals surface area contributed by atoms with E-state index in [-0.39, 0.29) is 31.6 Å². The molecule has 0 saturated heterocycles. The third kappa shape index (κ3) is 48.4. The van der Waals surface area contributed by atoms with Crippen molar-refractivity contribution in [2.45, 2.75) is 194 Å². The van der Waals surface area contributed by atoms with E-state index in [4.69, 9.17) is 14.2 Å². The van der Waals surface area contributed by atoms with Crippen molar-refractivity contribution < 1.29 is 28.6 Å². The molecule has 1 atom stereocenters. The van der Waals surface area contributed by atoms with Crippen LogP contribution < -0.4 is 0 Å². The van der Waals surface area contributed by atoms with E-state index < -0.39 is 12.1 Å². The van der Waals surface area contributed by atoms with Crippen LogP contribution in [0.25, 0.3) is 0 Å². The highest BCUT2D eigenvalue weighted by Gasteiger charge is 2.19. The zero-order chi connectivity index (χ0) is 45.8. The molecule has 0 bridgehead atoms. The molecule has 0 saturated carbocycles. The molecule has 0 aliphatic rings. The van der Waals surface area contributed by atoms with Gasteiger partial charge in [0.05, 0.1) is 0 Å². The van der Waals surface area contributed by atoms with Crippen LogP contribution in [0.4, 0.5) is 0 Å². The molecule has 0 rings (SSSR count). The number of hydrogen-bond acceptors (Lipinski definition) is 6. The van der Waals surface area contributed by atoms with Crippen molar-refractivity contribution in [3.8, 4) is 0 Å². The molecule has 63 heavy (non-hydrogen) atoms. The van der Waals surface area contributed by atoms with E-state index in [1.54, 1.807) is 0 Å². The lowest BCUT2D eigenvalue weighted by molar-refractivity contribution is -0.166. The Balaban J connectivity index is 4.37. The predicted octanol–water partition coefficient (Wildman–Crippen LogP) is 16.3. The SMILES string of the molecule is CC/C=C\C/C=C\C/C=C\C/C=C\C/C=C\C/C=C\CCC(=O)OC(COC(=O)CCCCCCC)COC(=O)CCCCCCC/C=C\C/C=C\C/C=C\C/C=C\C/C=C\CC. The maximum atomic E-state index is 12.7. The molecule has 0 aromatic rings. The van der Waals surface area contributed by atoms with Gasteiger partial charge in [0, 0.05) is 19.3 Å². The summed E-state index contributed by atoms with van der Waals surface area (Å²) in [6.07, 6.45) is 70.5. The molecule has 352 valence electrons. The number of esters is 3. The van der Waals surface area contributed by atoms with Crippen molar-refractivity contribution in [2.75, 3.05) is 13.2 Å². The molecule has 6 nitrogen and oxygen atoms in total. The summed E-state index contributed by atoms with van der Waals surface area (Å²) in [4.78, 5) is 37.6. The van der Waals surface area contributed by atoms with E-state index >= 15 is 0 Å². The molecule has 0 aromatic carbocycles. The fourth-order valence-electron chi connectivity index (χ4n) is 6.02. The summed E-state index contributed by atoms with van der Waals surface area (Å²) in [6.45, 7) is 6.21. The second-order valence-electron chi connectivity index (χ2n) is 15.6. The average Bonchev–Trinajstić information content (AvgIpc) is 3.28. The third-order valence-corrected chi connectivity index (χ3v) is 9.66. The van der Waals surface area contributed by atoms with Gasteiger partial charge in [-0.2, -0.15) is 0 Å². The van der Waals surface area contributed by atoms with E-state index in [2.05, 4.69) is 142 Å². The largest absolute Gasteiger partial charge is 0.462 e. The monoisotopic (exact) mass is 869 g/mol. The summed E-state index contributed by atoms with van der Waals surface area (Å²) >= 11 is 0. The number of unbranched alkanes of at least 4 members (excludes halogenated alkanes) is 9. The van der Waals surface area contributed by atoms with Gasteiger partial charge >= 0.3 is 17.9 Å². The fraction of sp³-hybridized carbons (Fsp3) is 0.561. The molecule has 6 heteroatoms. The van der Waals surface area contributed by atoms with Gasteiger partial charge in [-0.3, -0.25) is 14.4 Å². The van der Waals surface area contributed by atoms with Crippen molar-refractivity contribution in [1.82, 2.24) is 0 Å². The van der Waals surface area contributed by atoms with E-state index in [0.29, 0.717) is 19.3 Å². The lowest BCUT2D eigenvalue weighted by atomic mass is 10.1. The van der Waals surface area contributed by atoms with E-state index in [0.717, 1.165) is 141 Å². The highest BCUT2D eigenvalue weighted by molar-refractivity contribution is 5.71. The lowest BCUT2D eigenvalue weighted by Crippen LogP contribution is -2.30. The van der Waals surface area contributed by atoms with Crippen LogP contribution in [-0.2, 0) is 28.6 Å². The van der Waals surface area contributed by atoms with Crippen LogP contribution in [0.15, 0.2) is 134 Å². The van der Waals surface area contributed by atoms with Gasteiger partial charge in [-0.25, -0.2) is 0 Å². The molecule has 0 aliphatic heterocycles. The number of allylic oxidation sites excluding steroid dienone is 22. The van der Waals surface area contributed by atoms with E-state index in [9.17, 15) is 14.4 Å². The third-order valence-electron chi connectivity index (χ3n) is 9.66. The van der Waals surface area contributed by atoms with Crippen LogP contribution in [0, 0.1) is 0 Å². The Hall–Kier alpha value is -4.45. The van der Waals surface area contributed by atoms with Gasteiger partial charge in [0.1, 0.15) is 13.2 Å². The summed E-state index contributed by atoms with van der Waals surface area (Å²) in [6, 6.07) is 0. The average molecular weight is 869 g/mol. The normalized spacial score (nSPS) is 13.3. The van der Waals surface area contributed by atoms with Crippen LogP contribution in [-0.4, -0.2) is 37.2 Å². The molecule has 0 spiro atoms. The Morgan fingerprint density at radius 3 is 1.03 bits per heavy atom. The first-order valence-corrected chi connectivity index (χ1v) is 24.7. The zero-order valence-corrected chi connectivity index (χ0v) is 40.0. The van der Waals surface area contributed by atoms with Gasteiger partial charge in [0.2, 0.25) is 0 Å². The highest BCUT2D eigenvalue weighted by Crippen LogP contribution is 2.11. The van der Waals surface area contributed by atoms with Crippen molar-refractivity contribution in [3.05, 3.63) is 134 Å². The summed E-state index contributed by atoms with van der Waals surface area (Å²) in [7, 11) is 0. The smallest absolute Gasteiger partial charge is 0.306 e. The molecule has 0 heterocycles. The number of rotatable bonds is 42. The molecular weight excluding hydrogens is 781 g/mol. The molecule has 0 aliphatic carbocycles. The molecule has 0 radical (unpaired) electrons. The van der Waals surface area contributed by atoms with Crippen molar-refractivity contribution in [2.24, 2.45) is 0 Å². The Kier molecular flexibility index (Phi) is 46.7. The number of ether oxygens (including phenoxy) is 3. The van der Waals surface area contributed by atoms with Crippen molar-refractivity contribution in [3.63, 3.8) is 0 Å². The predicted molar refractivity (Wildman–Crippen MR) is 269 cm³/mol. The maximum Gasteiger partial charge on any atom is 0.306 e. The van der Waals surface area contributed by atoms with Gasteiger partial charge in [-0.15, -0.1) is 0 Å². The van der Waals surface area contributed by atoms with Crippen molar-refractivity contribution >= 4 is 17.9 Å². The quantitative estimate of drug-likeness (QED) is 0.0263. The van der Waals surface area contributed by atoms with E-state index in [1.165, 1.54) is 0 Å². The highest BCUT2D eigenvalue weighted by atomic mass is 16.6. The summed E-state index contributed by atoms with van der Waals surface area (Å²) in [5.74, 6) is -1.05. The minimum absolute atomic E-state index is 0.120. The lowest BCUT2D eigenvalue weighted by Gasteiger charge is -2.18. The first kappa shape index (κ1) is 58.6. The summed E-state index contributed by atoms with van der Waals surface area (Å²) in [5, 5.41) is 0. The van der Waals surface area contributed by atoms with Gasteiger partial charge in [-0.1, -0.05) is 199 Å². The molecule has 1 unspecified atom stereocenters. The van der Waals surface area contributed by atoms with Gasteiger partial charge in [0.25, 0.3) is 0 Å². The van der Waals surface area contributed by atoms with Crippen LogP contribution in [0.3, 0.4) is 0 Å². The Morgan fingerprint density at radius 2 is 0.651 bits per heavy atom. The second-order valence-corrected chi connectivity index (χ2v) is 15.6. The number of carbonyl (C=O) groups excluding carboxylic acids is 3. The minimum atomic E-state index is -0.827. The van der Waals surface area contributed by atoms with Gasteiger partial charge < -0.3 is 14.2 Å². The molecule has 0 amide bonds. The maximum absolute atomic E-state index is 12.7. The van der Waals surface area contributed by atoms with E-state index in [1.807, 2.05) is 12.2 Å². The Labute approximate surface area is 385 Å². The first-order chi connectivity index (χ1) is 31.0. The zero-order valence-electron chi connectivity index (χ0n) is 40.0. The fourth-order valence-corrected chi connectivity index (χ4v) is 6.02. The topological polar surface area (TPSA) is 78.9 Å². The van der Waals surface area contributed by atoms with Gasteiger partial charge in [-0.05, 0) is 103 Å². The number of hydrogen-bond donors (Lipinski definition) is 0. The minimum Gasteiger partial charge on any atom is -0.462 e. The van der Waals surface area contributed by atoms with Gasteiger partial charge in [0.15, 0.2) is 6.10 Å². The molecule has 0 N–H and O–H groups in total. The second kappa shape index (κ2) is 50.2. The summed E-state index contributed by atoms with van der Waals surface area (Å²) in [5.41, 5.74) is 0. The van der Waals surface area contributed by atoms with Crippen LogP contribution >= 0.6 is 0 Å². The standard InChI is InChI=1S/C57H88O6/c1-4-7-10-13-15-17-19-21-23-25-27-28-30-31-33-35-37-39-41-44-47-50-56(59)62-53-54(52-61-55(58)49-46-43-12-9-6-3)63-57(60)51-48-45-42-40-38-36-34-32-29-26-24-22-20-18-16-14-11-8-5-2/h7-8,10-11,15-18,21-24,27-29,31-33,36,38,42,45,54H,4-6,9,12-14,19-20,25-26,30,34-35,37,39-41,43-44,46-53H2,1-3H3/b10-7-,11-8-,17-15-,18-16-,23-21-,24-22-,28-27-,32-29-,33-31-,38-36-,45-42-. The Bertz CT molecular complexity index is 1420. The van der Waals surface area contributed by atoms with Crippen LogP contribution in [0.5, 0.6) is 0 Å². The molecule has 0 aromatic heterocycles. The van der Waals surface area contributed by atoms with Crippen LogP contribution in [0.1, 0.15) is 188 Å². The number of carbonyl (C=O) groups is 3. The molecule has 0 fully saturated rings. The Morgan fingerprint density at radius 1 is 0.333 bits per heavy atom. The summed E-state index contributed by atoms with van der Waals surface area (Å²) < 4.78 is 16.6. The first-order valence-electron chi connectivity index (χ1n) is 24.7. The molecular formula is C57H88O6. The van der Waals surface area contributed by atoms with Crippen LogP contribution in [0.2, 0.25) is 0 Å².